The number of ether oxygens (including phenoxy) is 4. The van der Waals surface area contributed by atoms with Crippen molar-refractivity contribution in [2.45, 2.75) is 12.5 Å². The third-order valence-electron chi connectivity index (χ3n) is 4.04. The lowest BCUT2D eigenvalue weighted by molar-refractivity contribution is -0.148. The van der Waals surface area contributed by atoms with Crippen LogP contribution in [0.2, 0.25) is 5.02 Å². The van der Waals surface area contributed by atoms with Gasteiger partial charge in [-0.15, -0.1) is 0 Å². The molecule has 0 fully saturated rings. The van der Waals surface area contributed by atoms with Crippen molar-refractivity contribution in [1.82, 2.24) is 0 Å². The van der Waals surface area contributed by atoms with E-state index >= 15 is 0 Å². The molecule has 1 heterocycles. The van der Waals surface area contributed by atoms with Gasteiger partial charge in [-0.05, 0) is 29.8 Å². The van der Waals surface area contributed by atoms with Gasteiger partial charge in [0, 0.05) is 16.1 Å². The van der Waals surface area contributed by atoms with E-state index in [4.69, 9.17) is 30.5 Å². The zero-order valence-electron chi connectivity index (χ0n) is 13.9. The van der Waals surface area contributed by atoms with Gasteiger partial charge < -0.3 is 18.9 Å². The lowest BCUT2D eigenvalue weighted by Gasteiger charge is -2.29. The van der Waals surface area contributed by atoms with Crippen LogP contribution in [0.1, 0.15) is 22.8 Å². The molecule has 2 aromatic rings. The van der Waals surface area contributed by atoms with Gasteiger partial charge in [0.05, 0.1) is 27.8 Å². The maximum Gasteiger partial charge on any atom is 0.311 e. The van der Waals surface area contributed by atoms with E-state index < -0.39 is 17.9 Å². The molecule has 0 aliphatic carbocycles. The number of hydrogen-bond donors (Lipinski definition) is 0. The smallest absolute Gasteiger partial charge is 0.311 e. The van der Waals surface area contributed by atoms with Crippen molar-refractivity contribution >= 4 is 17.6 Å². The first-order valence-corrected chi connectivity index (χ1v) is 7.84. The summed E-state index contributed by atoms with van der Waals surface area (Å²) in [6.45, 7) is 0. The quantitative estimate of drug-likeness (QED) is 0.772. The predicted octanol–water partition coefficient (Wildman–Crippen LogP) is 3.69. The van der Waals surface area contributed by atoms with Gasteiger partial charge in [0.1, 0.15) is 5.82 Å². The molecule has 0 amide bonds. The van der Waals surface area contributed by atoms with Crippen LogP contribution in [0, 0.1) is 5.82 Å². The molecule has 0 N–H and O–H groups in total. The van der Waals surface area contributed by atoms with Crippen LogP contribution >= 0.6 is 11.6 Å². The number of halogens is 2. The monoisotopic (exact) mass is 366 g/mol. The molecule has 1 unspecified atom stereocenters. The van der Waals surface area contributed by atoms with Crippen LogP contribution in [0.3, 0.4) is 0 Å². The van der Waals surface area contributed by atoms with E-state index in [1.807, 2.05) is 0 Å². The highest BCUT2D eigenvalue weighted by atomic mass is 35.5. The highest BCUT2D eigenvalue weighted by Crippen LogP contribution is 2.49. The molecule has 1 aliphatic heterocycles. The molecule has 3 rings (SSSR count). The molecular formula is C18H16ClFO5. The summed E-state index contributed by atoms with van der Waals surface area (Å²) in [4.78, 5) is 12.1. The number of fused-ring (bicyclic) bond motifs is 1. The molecule has 2 aromatic carbocycles. The standard InChI is InChI=1S/C18H16ClFO5/c1-22-13-6-9-7-14(21)25-16(11-8-10(19)4-5-12(11)20)15(9)18(24-3)17(13)23-2/h4-6,8,16H,7H2,1-3H3. The first kappa shape index (κ1) is 17.4. The molecule has 5 nitrogen and oxygen atoms in total. The summed E-state index contributed by atoms with van der Waals surface area (Å²) in [6, 6.07) is 5.76. The van der Waals surface area contributed by atoms with Crippen LogP contribution in [0.5, 0.6) is 17.2 Å². The fourth-order valence-corrected chi connectivity index (χ4v) is 3.17. The number of methoxy groups -OCH3 is 3. The van der Waals surface area contributed by atoms with Crippen molar-refractivity contribution in [3.05, 3.63) is 51.8 Å². The summed E-state index contributed by atoms with van der Waals surface area (Å²) in [6.07, 6.45) is -0.977. The Balaban J connectivity index is 2.29. The lowest BCUT2D eigenvalue weighted by atomic mass is 9.90. The van der Waals surface area contributed by atoms with Crippen LogP contribution in [-0.2, 0) is 16.0 Å². The van der Waals surface area contributed by atoms with Crippen LogP contribution in [0.4, 0.5) is 4.39 Å². The second-order valence-corrected chi connectivity index (χ2v) is 5.87. The summed E-state index contributed by atoms with van der Waals surface area (Å²) in [5, 5.41) is 0.332. The van der Waals surface area contributed by atoms with E-state index in [1.165, 1.54) is 39.5 Å². The Morgan fingerprint density at radius 1 is 1.12 bits per heavy atom. The van der Waals surface area contributed by atoms with E-state index in [2.05, 4.69) is 0 Å². The fraction of sp³-hybridized carbons (Fsp3) is 0.278. The summed E-state index contributed by atoms with van der Waals surface area (Å²) in [5.41, 5.74) is 1.28. The highest BCUT2D eigenvalue weighted by Gasteiger charge is 2.36. The van der Waals surface area contributed by atoms with Crippen molar-refractivity contribution in [2.75, 3.05) is 21.3 Å². The van der Waals surface area contributed by atoms with E-state index in [0.717, 1.165) is 0 Å². The summed E-state index contributed by atoms with van der Waals surface area (Å²) < 4.78 is 36.0. The van der Waals surface area contributed by atoms with Crippen molar-refractivity contribution in [3.63, 3.8) is 0 Å². The third kappa shape index (κ3) is 2.98. The maximum atomic E-state index is 14.4. The molecule has 0 bridgehead atoms. The average Bonchev–Trinajstić information content (AvgIpc) is 2.61. The van der Waals surface area contributed by atoms with Gasteiger partial charge in [0.25, 0.3) is 0 Å². The number of benzene rings is 2. The van der Waals surface area contributed by atoms with Crippen molar-refractivity contribution in [3.8, 4) is 17.2 Å². The molecule has 1 aliphatic rings. The Morgan fingerprint density at radius 3 is 2.48 bits per heavy atom. The largest absolute Gasteiger partial charge is 0.493 e. The normalized spacial score (nSPS) is 16.0. The summed E-state index contributed by atoms with van der Waals surface area (Å²) >= 11 is 6.00. The van der Waals surface area contributed by atoms with Gasteiger partial charge in [0.15, 0.2) is 17.6 Å². The minimum atomic E-state index is -0.996. The second kappa shape index (κ2) is 6.80. The SMILES string of the molecule is COc1cc2c(c(OC)c1OC)C(c1cc(Cl)ccc1F)OC(=O)C2. The van der Waals surface area contributed by atoms with Crippen LogP contribution in [0.25, 0.3) is 0 Å². The molecule has 0 saturated heterocycles. The topological polar surface area (TPSA) is 54.0 Å². The minimum Gasteiger partial charge on any atom is -0.493 e. The number of cyclic esters (lactones) is 1. The Hall–Kier alpha value is -2.47. The van der Waals surface area contributed by atoms with Crippen molar-refractivity contribution < 1.29 is 28.1 Å². The van der Waals surface area contributed by atoms with Gasteiger partial charge >= 0.3 is 5.97 Å². The van der Waals surface area contributed by atoms with Gasteiger partial charge in [-0.2, -0.15) is 0 Å². The van der Waals surface area contributed by atoms with Crippen molar-refractivity contribution in [1.29, 1.82) is 0 Å². The van der Waals surface area contributed by atoms with Gasteiger partial charge in [-0.25, -0.2) is 4.39 Å². The van der Waals surface area contributed by atoms with E-state index in [1.54, 1.807) is 6.07 Å². The van der Waals surface area contributed by atoms with Crippen LogP contribution in [0.15, 0.2) is 24.3 Å². The van der Waals surface area contributed by atoms with Crippen LogP contribution < -0.4 is 14.2 Å². The fourth-order valence-electron chi connectivity index (χ4n) is 2.98. The third-order valence-corrected chi connectivity index (χ3v) is 4.28. The lowest BCUT2D eigenvalue weighted by Crippen LogP contribution is -2.24. The Labute approximate surface area is 149 Å². The summed E-state index contributed by atoms with van der Waals surface area (Å²) in [7, 11) is 4.41. The molecule has 0 aromatic heterocycles. The minimum absolute atomic E-state index is 0.0186. The van der Waals surface area contributed by atoms with E-state index in [9.17, 15) is 9.18 Å². The molecule has 132 valence electrons. The Bertz CT molecular complexity index is 837. The number of hydrogen-bond acceptors (Lipinski definition) is 5. The van der Waals surface area contributed by atoms with Gasteiger partial charge in [0.2, 0.25) is 5.75 Å². The highest BCUT2D eigenvalue weighted by molar-refractivity contribution is 6.30. The molecule has 0 saturated carbocycles. The van der Waals surface area contributed by atoms with E-state index in [0.29, 0.717) is 33.4 Å². The molecule has 7 heteroatoms. The zero-order valence-corrected chi connectivity index (χ0v) is 14.6. The number of carbonyl (C=O) groups excluding carboxylic acids is 1. The average molecular weight is 367 g/mol. The van der Waals surface area contributed by atoms with Crippen molar-refractivity contribution in [2.24, 2.45) is 0 Å². The molecular weight excluding hydrogens is 351 g/mol. The molecule has 1 atom stereocenters. The van der Waals surface area contributed by atoms with Gasteiger partial charge in [-0.3, -0.25) is 4.79 Å². The van der Waals surface area contributed by atoms with E-state index in [-0.39, 0.29) is 12.0 Å². The first-order chi connectivity index (χ1) is 12.0. The number of carbonyl (C=O) groups is 1. The Morgan fingerprint density at radius 2 is 1.84 bits per heavy atom. The van der Waals surface area contributed by atoms with Gasteiger partial charge in [-0.1, -0.05) is 11.6 Å². The molecule has 25 heavy (non-hydrogen) atoms. The van der Waals surface area contributed by atoms with Crippen LogP contribution in [-0.4, -0.2) is 27.3 Å². The number of esters is 1. The number of rotatable bonds is 4. The zero-order chi connectivity index (χ0) is 18.1. The molecule has 0 radical (unpaired) electrons. The summed E-state index contributed by atoms with van der Waals surface area (Å²) in [5.74, 6) is 0.0685. The Kier molecular flexibility index (Phi) is 4.72. The predicted molar refractivity (Wildman–Crippen MR) is 89.1 cm³/mol. The first-order valence-electron chi connectivity index (χ1n) is 7.46. The maximum absolute atomic E-state index is 14.4. The molecule has 0 spiro atoms. The second-order valence-electron chi connectivity index (χ2n) is 5.43.